The first-order valence-corrected chi connectivity index (χ1v) is 0.730. The van der Waals surface area contributed by atoms with Crippen molar-refractivity contribution in [3.05, 3.63) is 20.2 Å². The quantitative estimate of drug-likeness (QED) is 0.320. The van der Waals surface area contributed by atoms with Crippen molar-refractivity contribution in [1.82, 2.24) is 0 Å². The molecule has 0 atom stereocenters. The van der Waals surface area contributed by atoms with Gasteiger partial charge in [0.1, 0.15) is 0 Å². The maximum Gasteiger partial charge on any atom is -0.112 e. The lowest BCUT2D eigenvalue weighted by Crippen LogP contribution is -1.12. The standard InChI is InChI=1S/2HNO2/c2*2-1-3/h2*(H,2,3)/p-2. The van der Waals surface area contributed by atoms with Crippen LogP contribution in [0.4, 0.5) is 0 Å². The van der Waals surface area contributed by atoms with Crippen LogP contribution in [0, 0.1) is 20.2 Å². The van der Waals surface area contributed by atoms with Gasteiger partial charge in [-0.15, -0.1) is 10.7 Å². The van der Waals surface area contributed by atoms with Crippen molar-refractivity contribution in [2.45, 2.75) is 0 Å². The molecule has 6 heteroatoms. The van der Waals surface area contributed by atoms with Crippen LogP contribution >= 0.6 is 0 Å². The van der Waals surface area contributed by atoms with Crippen molar-refractivity contribution < 1.29 is 0 Å². The van der Waals surface area contributed by atoms with Crippen LogP contribution < -0.4 is 0 Å². The van der Waals surface area contributed by atoms with Crippen molar-refractivity contribution >= 4 is 0 Å². The fourth-order valence-electron chi connectivity index (χ4n) is 0. The fourth-order valence-corrected chi connectivity index (χ4v) is 0. The molecule has 0 aliphatic heterocycles. The van der Waals surface area contributed by atoms with Crippen molar-refractivity contribution in [2.24, 2.45) is 10.7 Å². The molecule has 0 aromatic rings. The maximum atomic E-state index is 8.00. The largest absolute Gasteiger partial charge is 0.444 e. The molecule has 0 saturated heterocycles. The Kier molecular flexibility index (Phi) is 68.6. The molecule has 0 unspecified atom stereocenters. The molecule has 36 valence electrons. The van der Waals surface area contributed by atoms with E-state index in [9.17, 15) is 0 Å². The molecular weight excluding hydrogens is 92.0 g/mol. The minimum atomic E-state index is 1.00. The molecule has 0 rings (SSSR count). The van der Waals surface area contributed by atoms with Gasteiger partial charge in [0.05, 0.1) is 0 Å². The van der Waals surface area contributed by atoms with E-state index in [1.165, 1.54) is 0 Å². The van der Waals surface area contributed by atoms with Gasteiger partial charge >= 0.3 is 0 Å². The van der Waals surface area contributed by atoms with E-state index in [4.69, 9.17) is 20.2 Å². The summed E-state index contributed by atoms with van der Waals surface area (Å²) in [5, 5.41) is 18.0. The van der Waals surface area contributed by atoms with Gasteiger partial charge in [-0.05, 0) is 0 Å². The SMILES string of the molecule is O=N[O-].O=N[O-]. The molecule has 6 nitrogen and oxygen atoms in total. The van der Waals surface area contributed by atoms with Gasteiger partial charge in [-0.1, -0.05) is 0 Å². The lowest BCUT2D eigenvalue weighted by Gasteiger charge is -1.51. The third-order valence-corrected chi connectivity index (χ3v) is 0. The van der Waals surface area contributed by atoms with Crippen LogP contribution in [0.1, 0.15) is 0 Å². The average molecular weight is 92.0 g/mol. The zero-order valence-electron chi connectivity index (χ0n) is 2.53. The summed E-state index contributed by atoms with van der Waals surface area (Å²) >= 11 is 0. The van der Waals surface area contributed by atoms with Crippen LogP contribution in [0.25, 0.3) is 0 Å². The molecule has 0 heterocycles. The Bertz CT molecular complexity index is 26.5. The van der Waals surface area contributed by atoms with Crippen molar-refractivity contribution in [3.63, 3.8) is 0 Å². The molecule has 0 aromatic carbocycles. The smallest absolute Gasteiger partial charge is 0.112 e. The van der Waals surface area contributed by atoms with Gasteiger partial charge in [-0.3, -0.25) is 0 Å². The molecule has 0 radical (unpaired) electrons. The summed E-state index contributed by atoms with van der Waals surface area (Å²) in [6.07, 6.45) is 0. The second-order valence-electron chi connectivity index (χ2n) is 0.149. The van der Waals surface area contributed by atoms with Crippen LogP contribution in [-0.2, 0) is 0 Å². The van der Waals surface area contributed by atoms with E-state index in [2.05, 4.69) is 0 Å². The topological polar surface area (TPSA) is 105 Å². The monoisotopic (exact) mass is 92.0 g/mol. The minimum Gasteiger partial charge on any atom is -0.444 e. The van der Waals surface area contributed by atoms with Crippen molar-refractivity contribution in [3.8, 4) is 0 Å². The first-order chi connectivity index (χ1) is 2.83. The Morgan fingerprint density at radius 3 is 1.00 bits per heavy atom. The number of hydrogen-bond acceptors (Lipinski definition) is 6. The lowest BCUT2D eigenvalue weighted by molar-refractivity contribution is 1.59. The molecule has 0 aliphatic rings. The highest BCUT2D eigenvalue weighted by atomic mass is 16.6. The van der Waals surface area contributed by atoms with Gasteiger partial charge in [0.15, 0.2) is 0 Å². The van der Waals surface area contributed by atoms with E-state index in [0.717, 1.165) is 10.7 Å². The van der Waals surface area contributed by atoms with E-state index in [-0.39, 0.29) is 0 Å². The highest BCUT2D eigenvalue weighted by Gasteiger charge is 0.961. The average Bonchev–Trinajstić information content (AvgIpc) is 1.39. The van der Waals surface area contributed by atoms with Gasteiger partial charge in [0.2, 0.25) is 0 Å². The fraction of sp³-hybridized carbons (Fsp3) is 0. The summed E-state index contributed by atoms with van der Waals surface area (Å²) in [7, 11) is 0. The molecule has 0 aliphatic carbocycles. The predicted octanol–water partition coefficient (Wildman–Crippen LogP) is 0.501. The third kappa shape index (κ3) is 6.30. The van der Waals surface area contributed by atoms with Crippen LogP contribution in [0.5, 0.6) is 0 Å². The normalized spacial score (nSPS) is 4.00. The lowest BCUT2D eigenvalue weighted by atomic mass is 13.4. The molecule has 0 N–H and O–H groups in total. The second kappa shape index (κ2) is 46.5. The van der Waals surface area contributed by atoms with Crippen LogP contribution in [-0.4, -0.2) is 0 Å². The van der Waals surface area contributed by atoms with E-state index in [1.807, 2.05) is 0 Å². The van der Waals surface area contributed by atoms with Gasteiger partial charge in [0.25, 0.3) is 0 Å². The Hall–Kier alpha value is -1.20. The summed E-state index contributed by atoms with van der Waals surface area (Å²) in [5.41, 5.74) is 0. The van der Waals surface area contributed by atoms with E-state index in [0.29, 0.717) is 0 Å². The van der Waals surface area contributed by atoms with Crippen LogP contribution in [0.2, 0.25) is 0 Å². The number of hydrogen-bond donors (Lipinski definition) is 0. The van der Waals surface area contributed by atoms with Gasteiger partial charge in [-0.2, -0.15) is 0 Å². The predicted molar refractivity (Wildman–Crippen MR) is 18.3 cm³/mol. The van der Waals surface area contributed by atoms with Gasteiger partial charge in [-0.25, -0.2) is 0 Å². The van der Waals surface area contributed by atoms with Crippen molar-refractivity contribution in [2.75, 3.05) is 0 Å². The van der Waals surface area contributed by atoms with E-state index >= 15 is 0 Å². The number of rotatable bonds is 0. The van der Waals surface area contributed by atoms with Gasteiger partial charge < -0.3 is 20.2 Å². The highest BCUT2D eigenvalue weighted by Crippen LogP contribution is 1.34. The van der Waals surface area contributed by atoms with E-state index < -0.39 is 0 Å². The van der Waals surface area contributed by atoms with Crippen LogP contribution in [0.3, 0.4) is 0 Å². The summed E-state index contributed by atoms with van der Waals surface area (Å²) in [6.45, 7) is 0. The highest BCUT2D eigenvalue weighted by molar-refractivity contribution is 4.21. The molecule has 0 spiro atoms. The molecule has 6 heavy (non-hydrogen) atoms. The summed E-state index contributed by atoms with van der Waals surface area (Å²) in [6, 6.07) is 0. The first kappa shape index (κ1) is 8.84. The molecule has 0 fully saturated rings. The molecule has 0 bridgehead atoms. The first-order valence-electron chi connectivity index (χ1n) is 0.730. The summed E-state index contributed by atoms with van der Waals surface area (Å²) < 4.78 is 0. The molecule has 0 amide bonds. The molecule has 0 aromatic heterocycles. The van der Waals surface area contributed by atoms with Crippen molar-refractivity contribution in [1.29, 1.82) is 0 Å². The minimum absolute atomic E-state index is 1.00. The van der Waals surface area contributed by atoms with Crippen LogP contribution in [0.15, 0.2) is 10.7 Å². The Labute approximate surface area is 32.3 Å². The van der Waals surface area contributed by atoms with Gasteiger partial charge in [0, 0.05) is 0 Å². The Morgan fingerprint density at radius 1 is 1.00 bits per heavy atom. The Morgan fingerprint density at radius 2 is 1.00 bits per heavy atom. The Balaban J connectivity index is 0. The second-order valence-corrected chi connectivity index (χ2v) is 0.149. The zero-order valence-corrected chi connectivity index (χ0v) is 2.53. The summed E-state index contributed by atoms with van der Waals surface area (Å²) in [5.74, 6) is 0. The zero-order chi connectivity index (χ0) is 5.41. The molecule has 0 saturated carbocycles. The maximum absolute atomic E-state index is 8.00. The molecular formula is N2O4-2. The third-order valence-electron chi connectivity index (χ3n) is 0. The number of nitrogens with zero attached hydrogens (tertiary/aromatic N) is 2. The van der Waals surface area contributed by atoms with E-state index in [1.54, 1.807) is 0 Å². The summed E-state index contributed by atoms with van der Waals surface area (Å²) in [4.78, 5) is 16.0.